The average molecular weight is 439 g/mol. The molecule has 0 radical (unpaired) electrons. The largest absolute Gasteiger partial charge is 0.489 e. The maximum absolute atomic E-state index is 11.8. The third-order valence-corrected chi connectivity index (χ3v) is 4.22. The quantitative estimate of drug-likeness (QED) is 0.414. The van der Waals surface area contributed by atoms with Crippen molar-refractivity contribution in [3.05, 3.63) is 94.5 Å². The lowest BCUT2D eigenvalue weighted by molar-refractivity contribution is -0.123. The fourth-order valence-corrected chi connectivity index (χ4v) is 2.58. The summed E-state index contributed by atoms with van der Waals surface area (Å²) in [6.45, 7) is 0.380. The van der Waals surface area contributed by atoms with Crippen LogP contribution in [0.15, 0.2) is 88.4 Å². The van der Waals surface area contributed by atoms with E-state index in [4.69, 9.17) is 9.47 Å². The standard InChI is InChI=1S/C22H19BrN2O3/c23-19-9-11-20(12-10-19)28-16-22(26)25-24-14-18-7-4-8-21(13-18)27-15-17-5-2-1-3-6-17/h1-14H,15-16H2,(H,25,26)/b24-14+. The molecule has 5 nitrogen and oxygen atoms in total. The lowest BCUT2D eigenvalue weighted by Gasteiger charge is -2.07. The van der Waals surface area contributed by atoms with Crippen LogP contribution in [0.25, 0.3) is 0 Å². The number of hydrogen-bond donors (Lipinski definition) is 1. The van der Waals surface area contributed by atoms with E-state index in [0.29, 0.717) is 12.4 Å². The van der Waals surface area contributed by atoms with E-state index in [1.165, 1.54) is 0 Å². The van der Waals surface area contributed by atoms with Crippen molar-refractivity contribution in [2.75, 3.05) is 6.61 Å². The highest BCUT2D eigenvalue weighted by atomic mass is 79.9. The van der Waals surface area contributed by atoms with E-state index in [-0.39, 0.29) is 12.5 Å². The Morgan fingerprint density at radius 2 is 1.71 bits per heavy atom. The Balaban J connectivity index is 1.45. The van der Waals surface area contributed by atoms with Crippen molar-refractivity contribution in [2.24, 2.45) is 5.10 Å². The molecule has 0 aromatic heterocycles. The second-order valence-corrected chi connectivity index (χ2v) is 6.80. The summed E-state index contributed by atoms with van der Waals surface area (Å²) in [5, 5.41) is 3.96. The molecule has 6 heteroatoms. The van der Waals surface area contributed by atoms with Gasteiger partial charge in [0.05, 0.1) is 6.21 Å². The summed E-state index contributed by atoms with van der Waals surface area (Å²) in [4.78, 5) is 11.8. The maximum Gasteiger partial charge on any atom is 0.277 e. The van der Waals surface area contributed by atoms with Gasteiger partial charge in [-0.1, -0.05) is 58.4 Å². The maximum atomic E-state index is 11.8. The fourth-order valence-electron chi connectivity index (χ4n) is 2.32. The summed E-state index contributed by atoms with van der Waals surface area (Å²) in [7, 11) is 0. The van der Waals surface area contributed by atoms with Gasteiger partial charge in [-0.25, -0.2) is 5.43 Å². The number of nitrogens with one attached hydrogen (secondary N) is 1. The monoisotopic (exact) mass is 438 g/mol. The van der Waals surface area contributed by atoms with Gasteiger partial charge in [0, 0.05) is 4.47 Å². The van der Waals surface area contributed by atoms with Crippen LogP contribution in [0.3, 0.4) is 0 Å². The number of amides is 1. The predicted octanol–water partition coefficient (Wildman–Crippen LogP) is 4.56. The first-order chi connectivity index (χ1) is 13.7. The molecule has 142 valence electrons. The molecule has 3 aromatic rings. The topological polar surface area (TPSA) is 59.9 Å². The third-order valence-electron chi connectivity index (χ3n) is 3.69. The smallest absolute Gasteiger partial charge is 0.277 e. The number of hydrazone groups is 1. The zero-order valence-corrected chi connectivity index (χ0v) is 16.6. The van der Waals surface area contributed by atoms with Crippen molar-refractivity contribution in [2.45, 2.75) is 6.61 Å². The lowest BCUT2D eigenvalue weighted by Crippen LogP contribution is -2.24. The molecule has 0 aliphatic heterocycles. The minimum absolute atomic E-state index is 0.112. The Morgan fingerprint density at radius 1 is 0.929 bits per heavy atom. The molecule has 1 amide bonds. The first kappa shape index (κ1) is 19.6. The molecule has 0 unspecified atom stereocenters. The summed E-state index contributed by atoms with van der Waals surface area (Å²) in [5.74, 6) is 1.01. The number of carbonyl (C=O) groups is 1. The molecule has 0 aliphatic rings. The van der Waals surface area contributed by atoms with E-state index in [0.717, 1.165) is 21.3 Å². The molecule has 0 saturated heterocycles. The Kier molecular flexibility index (Phi) is 7.21. The van der Waals surface area contributed by atoms with Crippen LogP contribution in [0.1, 0.15) is 11.1 Å². The van der Waals surface area contributed by atoms with E-state index < -0.39 is 0 Å². The number of nitrogens with zero attached hydrogens (tertiary/aromatic N) is 1. The van der Waals surface area contributed by atoms with E-state index in [2.05, 4.69) is 26.5 Å². The molecule has 3 aromatic carbocycles. The molecule has 0 atom stereocenters. The minimum atomic E-state index is -0.337. The zero-order chi connectivity index (χ0) is 19.6. The first-order valence-corrected chi connectivity index (χ1v) is 9.45. The second-order valence-electron chi connectivity index (χ2n) is 5.88. The Bertz CT molecular complexity index is 928. The van der Waals surface area contributed by atoms with Crippen LogP contribution < -0.4 is 14.9 Å². The van der Waals surface area contributed by atoms with Crippen LogP contribution in [0.2, 0.25) is 0 Å². The van der Waals surface area contributed by atoms with Gasteiger partial charge in [0.15, 0.2) is 6.61 Å². The van der Waals surface area contributed by atoms with E-state index in [1.54, 1.807) is 18.3 Å². The van der Waals surface area contributed by atoms with Gasteiger partial charge in [0.1, 0.15) is 18.1 Å². The molecule has 0 fully saturated rings. The SMILES string of the molecule is O=C(COc1ccc(Br)cc1)N/N=C/c1cccc(OCc2ccccc2)c1. The van der Waals surface area contributed by atoms with Gasteiger partial charge in [-0.3, -0.25) is 4.79 Å². The summed E-state index contributed by atoms with van der Waals surface area (Å²) in [6, 6.07) is 24.7. The van der Waals surface area contributed by atoms with Crippen LogP contribution in [-0.4, -0.2) is 18.7 Å². The van der Waals surface area contributed by atoms with E-state index >= 15 is 0 Å². The molecule has 3 rings (SSSR count). The van der Waals surface area contributed by atoms with Gasteiger partial charge in [-0.2, -0.15) is 5.10 Å². The van der Waals surface area contributed by atoms with Crippen LogP contribution in [0, 0.1) is 0 Å². The van der Waals surface area contributed by atoms with Gasteiger partial charge >= 0.3 is 0 Å². The normalized spacial score (nSPS) is 10.6. The van der Waals surface area contributed by atoms with Gasteiger partial charge in [0.2, 0.25) is 0 Å². The summed E-state index contributed by atoms with van der Waals surface area (Å²) in [6.07, 6.45) is 1.56. The first-order valence-electron chi connectivity index (χ1n) is 8.66. The van der Waals surface area contributed by atoms with Crippen molar-refractivity contribution in [1.29, 1.82) is 0 Å². The minimum Gasteiger partial charge on any atom is -0.489 e. The highest BCUT2D eigenvalue weighted by Gasteiger charge is 2.02. The number of rotatable bonds is 8. The van der Waals surface area contributed by atoms with Gasteiger partial charge < -0.3 is 9.47 Å². The highest BCUT2D eigenvalue weighted by Crippen LogP contribution is 2.16. The molecule has 0 spiro atoms. The van der Waals surface area contributed by atoms with E-state index in [1.807, 2.05) is 66.7 Å². The molecule has 0 saturated carbocycles. The molecule has 1 N–H and O–H groups in total. The van der Waals surface area contributed by atoms with Crippen molar-refractivity contribution < 1.29 is 14.3 Å². The van der Waals surface area contributed by atoms with Crippen LogP contribution in [-0.2, 0) is 11.4 Å². The molecule has 0 aliphatic carbocycles. The summed E-state index contributed by atoms with van der Waals surface area (Å²) >= 11 is 3.35. The number of benzene rings is 3. The zero-order valence-electron chi connectivity index (χ0n) is 15.0. The van der Waals surface area contributed by atoms with Crippen LogP contribution in [0.5, 0.6) is 11.5 Å². The fraction of sp³-hybridized carbons (Fsp3) is 0.0909. The Morgan fingerprint density at radius 3 is 2.50 bits per heavy atom. The predicted molar refractivity (Wildman–Crippen MR) is 113 cm³/mol. The lowest BCUT2D eigenvalue weighted by atomic mass is 10.2. The van der Waals surface area contributed by atoms with Crippen LogP contribution >= 0.6 is 15.9 Å². The molecule has 0 bridgehead atoms. The number of carbonyl (C=O) groups excluding carboxylic acids is 1. The second kappa shape index (κ2) is 10.3. The van der Waals surface area contributed by atoms with Crippen molar-refractivity contribution >= 4 is 28.1 Å². The Labute approximate surface area is 172 Å². The van der Waals surface area contributed by atoms with Crippen LogP contribution in [0.4, 0.5) is 0 Å². The summed E-state index contributed by atoms with van der Waals surface area (Å²) in [5.41, 5.74) is 4.36. The molecule has 28 heavy (non-hydrogen) atoms. The summed E-state index contributed by atoms with van der Waals surface area (Å²) < 4.78 is 12.1. The number of halogens is 1. The Hall–Kier alpha value is -3.12. The molecular weight excluding hydrogens is 420 g/mol. The van der Waals surface area contributed by atoms with E-state index in [9.17, 15) is 4.79 Å². The molecule has 0 heterocycles. The van der Waals surface area contributed by atoms with Gasteiger partial charge in [-0.05, 0) is 47.5 Å². The van der Waals surface area contributed by atoms with Crippen molar-refractivity contribution in [1.82, 2.24) is 5.43 Å². The number of ether oxygens (including phenoxy) is 2. The van der Waals surface area contributed by atoms with Crippen molar-refractivity contribution in [3.8, 4) is 11.5 Å². The highest BCUT2D eigenvalue weighted by molar-refractivity contribution is 9.10. The van der Waals surface area contributed by atoms with Crippen molar-refractivity contribution in [3.63, 3.8) is 0 Å². The number of hydrogen-bond acceptors (Lipinski definition) is 4. The van der Waals surface area contributed by atoms with Gasteiger partial charge in [-0.15, -0.1) is 0 Å². The van der Waals surface area contributed by atoms with Gasteiger partial charge in [0.25, 0.3) is 5.91 Å². The third kappa shape index (κ3) is 6.55. The molecular formula is C22H19BrN2O3. The average Bonchev–Trinajstić information content (AvgIpc) is 2.73.